The third kappa shape index (κ3) is 8.85. The lowest BCUT2D eigenvalue weighted by atomic mass is 9.76. The van der Waals surface area contributed by atoms with Crippen LogP contribution in [0.1, 0.15) is 94.0 Å². The highest BCUT2D eigenvalue weighted by molar-refractivity contribution is 5.80. The van der Waals surface area contributed by atoms with Gasteiger partial charge in [-0.3, -0.25) is 0 Å². The van der Waals surface area contributed by atoms with Gasteiger partial charge in [-0.2, -0.15) is 0 Å². The maximum Gasteiger partial charge on any atom is 0.182 e. The van der Waals surface area contributed by atoms with Gasteiger partial charge >= 0.3 is 0 Å². The molecule has 2 aromatic heterocycles. The number of hydrogen-bond donors (Lipinski definition) is 1. The van der Waals surface area contributed by atoms with Gasteiger partial charge in [-0.1, -0.05) is 248 Å². The zero-order chi connectivity index (χ0) is 47.9. The van der Waals surface area contributed by atoms with Crippen molar-refractivity contribution < 1.29 is 0 Å². The average Bonchev–Trinajstić information content (AvgIpc) is 3.89. The average molecular weight is 925 g/mol. The zero-order valence-electron chi connectivity index (χ0n) is 40.4. The second-order valence-corrected chi connectivity index (χ2v) is 19.2. The third-order valence-corrected chi connectivity index (χ3v) is 15.2. The second kappa shape index (κ2) is 20.6. The molecule has 6 heteroatoms. The van der Waals surface area contributed by atoms with E-state index in [4.69, 9.17) is 15.3 Å². The summed E-state index contributed by atoms with van der Waals surface area (Å²) in [6, 6.07) is 89.4. The molecule has 0 bridgehead atoms. The Balaban J connectivity index is 1.12. The van der Waals surface area contributed by atoms with Gasteiger partial charge in [-0.15, -0.1) is 5.10 Å². The van der Waals surface area contributed by atoms with Crippen molar-refractivity contribution in [2.24, 2.45) is 0 Å². The van der Waals surface area contributed by atoms with Gasteiger partial charge in [0.15, 0.2) is 5.65 Å². The van der Waals surface area contributed by atoms with E-state index in [1.807, 2.05) is 0 Å². The van der Waals surface area contributed by atoms with E-state index < -0.39 is 11.1 Å². The normalized spacial score (nSPS) is 15.6. The van der Waals surface area contributed by atoms with Gasteiger partial charge in [-0.05, 0) is 108 Å². The summed E-state index contributed by atoms with van der Waals surface area (Å²) in [7, 11) is 2.34. The molecule has 1 saturated carbocycles. The Kier molecular flexibility index (Phi) is 13.2. The van der Waals surface area contributed by atoms with Crippen molar-refractivity contribution in [2.45, 2.75) is 61.1 Å². The van der Waals surface area contributed by atoms with Crippen LogP contribution < -0.4 is 5.32 Å². The molecular weight excluding hydrogens is 865 g/mol. The summed E-state index contributed by atoms with van der Waals surface area (Å²) in [6.07, 6.45) is 5.68. The molecule has 11 rings (SSSR count). The summed E-state index contributed by atoms with van der Waals surface area (Å²) >= 11 is 0. The Morgan fingerprint density at radius 1 is 0.521 bits per heavy atom. The first-order valence-corrected chi connectivity index (χ1v) is 25.3. The molecule has 1 atom stereocenters. The van der Waals surface area contributed by atoms with E-state index in [0.717, 1.165) is 63.2 Å². The molecule has 1 aliphatic carbocycles. The van der Waals surface area contributed by atoms with Gasteiger partial charge in [0.2, 0.25) is 0 Å². The SMILES string of the molecule is CN(CCC(c1ccccc1)c1cc(NC(c2ccccc2)(c2ccccc2)c2ccccc2)nc2c1nnn2C(c1ccccc1)(c1ccccc1)c1ccccc1)C1CCC(c2ccccc2)CC1. The quantitative estimate of drug-likeness (QED) is 0.0979. The maximum absolute atomic E-state index is 5.79. The molecule has 6 nitrogen and oxygen atoms in total. The molecular formula is C65H60N6. The van der Waals surface area contributed by atoms with Crippen LogP contribution in [0.2, 0.25) is 0 Å². The molecule has 0 aliphatic heterocycles. The molecule has 0 radical (unpaired) electrons. The zero-order valence-corrected chi connectivity index (χ0v) is 40.4. The van der Waals surface area contributed by atoms with Gasteiger partial charge in [-0.25, -0.2) is 9.67 Å². The molecule has 1 fully saturated rings. The van der Waals surface area contributed by atoms with Crippen LogP contribution in [0.4, 0.5) is 5.82 Å². The van der Waals surface area contributed by atoms with Crippen LogP contribution in [-0.2, 0) is 11.1 Å². The van der Waals surface area contributed by atoms with Gasteiger partial charge in [0.05, 0.1) is 0 Å². The first-order valence-electron chi connectivity index (χ1n) is 25.3. The van der Waals surface area contributed by atoms with E-state index in [0.29, 0.717) is 17.6 Å². The monoisotopic (exact) mass is 924 g/mol. The summed E-state index contributed by atoms with van der Waals surface area (Å²) in [5.41, 5.74) is 9.96. The highest BCUT2D eigenvalue weighted by Crippen LogP contribution is 2.46. The van der Waals surface area contributed by atoms with Crippen LogP contribution in [0.25, 0.3) is 11.2 Å². The van der Waals surface area contributed by atoms with Crippen molar-refractivity contribution in [1.82, 2.24) is 24.9 Å². The predicted octanol–water partition coefficient (Wildman–Crippen LogP) is 14.3. The van der Waals surface area contributed by atoms with E-state index >= 15 is 0 Å². The van der Waals surface area contributed by atoms with Crippen molar-refractivity contribution in [3.63, 3.8) is 0 Å². The van der Waals surface area contributed by atoms with Crippen LogP contribution in [0, 0.1) is 0 Å². The summed E-state index contributed by atoms with van der Waals surface area (Å²) in [5.74, 6) is 1.32. The molecule has 0 saturated heterocycles. The number of nitrogens with one attached hydrogen (secondary N) is 1. The highest BCUT2D eigenvalue weighted by atomic mass is 15.5. The van der Waals surface area contributed by atoms with Gasteiger partial charge in [0.1, 0.15) is 22.4 Å². The fourth-order valence-corrected chi connectivity index (χ4v) is 11.6. The first-order chi connectivity index (χ1) is 35.1. The van der Waals surface area contributed by atoms with Crippen molar-refractivity contribution >= 4 is 17.0 Å². The van der Waals surface area contributed by atoms with E-state index in [2.05, 4.69) is 271 Å². The van der Waals surface area contributed by atoms with Gasteiger partial charge < -0.3 is 10.2 Å². The number of aromatic nitrogens is 4. The molecule has 350 valence electrons. The molecule has 71 heavy (non-hydrogen) atoms. The first kappa shape index (κ1) is 45.5. The van der Waals surface area contributed by atoms with Crippen LogP contribution >= 0.6 is 0 Å². The number of pyridine rings is 1. The van der Waals surface area contributed by atoms with Crippen LogP contribution in [-0.4, -0.2) is 44.5 Å². The maximum atomic E-state index is 5.79. The lowest BCUT2D eigenvalue weighted by molar-refractivity contribution is 0.179. The number of benzene rings is 8. The van der Waals surface area contributed by atoms with E-state index in [1.54, 1.807) is 0 Å². The fraction of sp³-hybridized carbons (Fsp3) is 0.185. The Labute approximate surface area is 418 Å². The number of fused-ring (bicyclic) bond motifs is 1. The van der Waals surface area contributed by atoms with E-state index in [-0.39, 0.29) is 5.92 Å². The minimum atomic E-state index is -0.947. The largest absolute Gasteiger partial charge is 0.353 e. The summed E-state index contributed by atoms with van der Waals surface area (Å²) in [6.45, 7) is 0.922. The van der Waals surface area contributed by atoms with Crippen LogP contribution in [0.3, 0.4) is 0 Å². The summed E-state index contributed by atoms with van der Waals surface area (Å²) < 4.78 is 2.10. The topological polar surface area (TPSA) is 58.9 Å². The summed E-state index contributed by atoms with van der Waals surface area (Å²) in [5, 5.41) is 14.8. The second-order valence-electron chi connectivity index (χ2n) is 19.2. The molecule has 0 spiro atoms. The number of nitrogens with zero attached hydrogens (tertiary/aromatic N) is 5. The predicted molar refractivity (Wildman–Crippen MR) is 290 cm³/mol. The van der Waals surface area contributed by atoms with E-state index in [9.17, 15) is 0 Å². The number of rotatable bonds is 16. The van der Waals surface area contributed by atoms with Gasteiger partial charge in [0.25, 0.3) is 0 Å². The Hall–Kier alpha value is -7.93. The molecule has 1 unspecified atom stereocenters. The Morgan fingerprint density at radius 2 is 0.930 bits per heavy atom. The van der Waals surface area contributed by atoms with Gasteiger partial charge in [0, 0.05) is 12.0 Å². The number of hydrogen-bond acceptors (Lipinski definition) is 5. The molecule has 8 aromatic carbocycles. The lowest BCUT2D eigenvalue weighted by Crippen LogP contribution is -2.39. The minimum Gasteiger partial charge on any atom is -0.353 e. The van der Waals surface area contributed by atoms with Crippen molar-refractivity contribution in [3.8, 4) is 0 Å². The smallest absolute Gasteiger partial charge is 0.182 e. The Morgan fingerprint density at radius 3 is 1.38 bits per heavy atom. The Bertz CT molecular complexity index is 3040. The van der Waals surface area contributed by atoms with Crippen molar-refractivity contribution in [3.05, 3.63) is 299 Å². The fourth-order valence-electron chi connectivity index (χ4n) is 11.6. The standard InChI is InChI=1S/C65H60N6/c1-70(58-44-42-50(43-45-58)49-26-10-2-11-27-49)47-46-59(51-28-12-3-13-29-51)60-48-61(67-64(52-30-14-4-15-31-52,53-32-16-5-17-33-53)54-34-18-6-19-35-54)66-63-62(60)68-69-71(63)65(55-36-20-7-21-37-55,56-38-22-8-23-39-56)57-40-24-9-25-41-57/h2-41,48,50,58-59H,42-47H2,1H3,(H,66,67). The lowest BCUT2D eigenvalue weighted by Gasteiger charge is -2.38. The van der Waals surface area contributed by atoms with Crippen molar-refractivity contribution in [2.75, 3.05) is 18.9 Å². The highest BCUT2D eigenvalue weighted by Gasteiger charge is 2.43. The molecule has 2 heterocycles. The number of anilines is 1. The van der Waals surface area contributed by atoms with Crippen LogP contribution in [0.5, 0.6) is 0 Å². The minimum absolute atomic E-state index is 0.0327. The molecule has 10 aromatic rings. The van der Waals surface area contributed by atoms with E-state index in [1.165, 1.54) is 36.8 Å². The third-order valence-electron chi connectivity index (χ3n) is 15.2. The molecule has 1 aliphatic rings. The molecule has 1 N–H and O–H groups in total. The van der Waals surface area contributed by atoms with Crippen LogP contribution in [0.15, 0.2) is 249 Å². The molecule has 0 amide bonds. The summed E-state index contributed by atoms with van der Waals surface area (Å²) in [4.78, 5) is 8.42. The van der Waals surface area contributed by atoms with Crippen molar-refractivity contribution in [1.29, 1.82) is 0 Å².